The Kier molecular flexibility index (Phi) is 8.72. The molecule has 2 N–H and O–H groups in total. The molecule has 4 aromatic carbocycles. The van der Waals surface area contributed by atoms with E-state index >= 15 is 0 Å². The Labute approximate surface area is 281 Å². The van der Waals surface area contributed by atoms with Crippen LogP contribution in [0.4, 0.5) is 0 Å². The number of carbonyl (C=O) groups is 1. The van der Waals surface area contributed by atoms with Crippen LogP contribution in [0.25, 0.3) is 22.9 Å². The third kappa shape index (κ3) is 5.61. The second-order valence-corrected chi connectivity index (χ2v) is 12.0. The summed E-state index contributed by atoms with van der Waals surface area (Å²) in [5, 5.41) is 23.0. The molecule has 0 bridgehead atoms. The number of rotatable bonds is 8. The lowest BCUT2D eigenvalue weighted by Gasteiger charge is -2.22. The summed E-state index contributed by atoms with van der Waals surface area (Å²) in [5.41, 5.74) is 5.50. The van der Waals surface area contributed by atoms with E-state index < -0.39 is 29.8 Å². The van der Waals surface area contributed by atoms with Gasteiger partial charge in [-0.25, -0.2) is 0 Å². The number of carbonyl (C=O) groups excluding carboxylic acids is 1. The first kappa shape index (κ1) is 31.2. The average Bonchev–Trinajstić information content (AvgIpc) is 3.76. The number of hydrogen-bond acceptors (Lipinski definition) is 7. The van der Waals surface area contributed by atoms with Gasteiger partial charge in [0.1, 0.15) is 6.10 Å². The minimum Gasteiger partial charge on any atom is -0.438 e. The number of nitrogens with zero attached hydrogens (tertiary/aromatic N) is 2. The van der Waals surface area contributed by atoms with Crippen molar-refractivity contribution in [2.24, 2.45) is 11.8 Å². The third-order valence-electron chi connectivity index (χ3n) is 9.12. The number of aliphatic hydroxyl groups excluding tert-OH is 2. The molecule has 0 saturated heterocycles. The van der Waals surface area contributed by atoms with Crippen molar-refractivity contribution in [3.8, 4) is 0 Å². The predicted molar refractivity (Wildman–Crippen MR) is 186 cm³/mol. The molecule has 4 atom stereocenters. The van der Waals surface area contributed by atoms with E-state index in [9.17, 15) is 15.0 Å². The number of aliphatic hydroxyl groups is 2. The van der Waals surface area contributed by atoms with Gasteiger partial charge in [-0.3, -0.25) is 4.79 Å². The maximum absolute atomic E-state index is 13.7. The summed E-state index contributed by atoms with van der Waals surface area (Å²) in [6.07, 6.45) is 0.723. The van der Waals surface area contributed by atoms with Gasteiger partial charge in [0, 0.05) is 41.3 Å². The molecule has 0 aromatic heterocycles. The standard InChI is InChI=1S/C41H38N2O5/c1-3-42-33(47-40(29-21-13-7-14-22-29)35(42)27-17-9-5-10-18-27)25-31-37(44)32(39(46)38(31)45)26-34-43(4-2)36(28-19-11-6-12-20-28)41(48-34)30-23-15-8-16-24-30/h5-26,31-32,37-38,44-45H,3-4H2,1-2H3/b33-25+,34-26+. The van der Waals surface area contributed by atoms with Gasteiger partial charge in [0.05, 0.1) is 23.4 Å². The minimum atomic E-state index is -1.43. The molecule has 0 spiro atoms. The average molecular weight is 639 g/mol. The van der Waals surface area contributed by atoms with Crippen molar-refractivity contribution in [3.05, 3.63) is 167 Å². The summed E-state index contributed by atoms with van der Waals surface area (Å²) < 4.78 is 13.0. The molecule has 4 aromatic rings. The molecule has 1 saturated carbocycles. The lowest BCUT2D eigenvalue weighted by molar-refractivity contribution is -0.127. The highest BCUT2D eigenvalue weighted by Gasteiger charge is 2.49. The van der Waals surface area contributed by atoms with Crippen LogP contribution >= 0.6 is 0 Å². The van der Waals surface area contributed by atoms with E-state index in [0.29, 0.717) is 36.4 Å². The Morgan fingerprint density at radius 1 is 0.583 bits per heavy atom. The molecule has 0 amide bonds. The molecule has 1 fully saturated rings. The van der Waals surface area contributed by atoms with Crippen molar-refractivity contribution in [2.45, 2.75) is 26.1 Å². The molecule has 3 aliphatic rings. The Hall–Kier alpha value is -5.37. The van der Waals surface area contributed by atoms with Crippen molar-refractivity contribution in [3.63, 3.8) is 0 Å². The van der Waals surface area contributed by atoms with E-state index in [1.54, 1.807) is 12.2 Å². The van der Waals surface area contributed by atoms with E-state index in [1.165, 1.54) is 0 Å². The second-order valence-electron chi connectivity index (χ2n) is 12.0. The van der Waals surface area contributed by atoms with Crippen molar-refractivity contribution in [1.29, 1.82) is 0 Å². The minimum absolute atomic E-state index is 0.444. The molecule has 0 radical (unpaired) electrons. The van der Waals surface area contributed by atoms with E-state index in [0.717, 1.165) is 33.6 Å². The highest BCUT2D eigenvalue weighted by molar-refractivity contribution is 5.93. The predicted octanol–water partition coefficient (Wildman–Crippen LogP) is 6.96. The largest absolute Gasteiger partial charge is 0.438 e. The Bertz CT molecular complexity index is 1900. The third-order valence-corrected chi connectivity index (χ3v) is 9.12. The zero-order valence-electron chi connectivity index (χ0n) is 26.9. The van der Waals surface area contributed by atoms with Crippen molar-refractivity contribution < 1.29 is 24.5 Å². The summed E-state index contributed by atoms with van der Waals surface area (Å²) in [7, 11) is 0. The first-order valence-electron chi connectivity index (χ1n) is 16.4. The quantitative estimate of drug-likeness (QED) is 0.216. The maximum atomic E-state index is 13.7. The van der Waals surface area contributed by atoms with Gasteiger partial charge in [-0.05, 0) is 26.0 Å². The van der Waals surface area contributed by atoms with Crippen LogP contribution in [-0.2, 0) is 14.3 Å². The van der Waals surface area contributed by atoms with Crippen LogP contribution in [0.2, 0.25) is 0 Å². The van der Waals surface area contributed by atoms with Crippen LogP contribution in [0.5, 0.6) is 0 Å². The Morgan fingerprint density at radius 3 is 1.35 bits per heavy atom. The van der Waals surface area contributed by atoms with Crippen LogP contribution in [0.3, 0.4) is 0 Å². The summed E-state index contributed by atoms with van der Waals surface area (Å²) in [6, 6.07) is 39.6. The fourth-order valence-electron chi connectivity index (χ4n) is 6.76. The first-order valence-corrected chi connectivity index (χ1v) is 16.4. The van der Waals surface area contributed by atoms with Gasteiger partial charge in [0.25, 0.3) is 0 Å². The SMILES string of the molecule is CCN1C(c2ccccc2)=C(c2ccccc2)O/C1=C/C1C(=O)C(O)C(/C=C2/OC(c3ccccc3)=C(c3ccccc3)N2CC)C1O. The van der Waals surface area contributed by atoms with Crippen LogP contribution in [0, 0.1) is 11.8 Å². The molecule has 2 heterocycles. The molecule has 1 aliphatic carbocycles. The number of benzene rings is 4. The highest BCUT2D eigenvalue weighted by Crippen LogP contribution is 2.45. The van der Waals surface area contributed by atoms with Crippen LogP contribution in [0.15, 0.2) is 145 Å². The van der Waals surface area contributed by atoms with Crippen LogP contribution in [-0.4, -0.2) is 51.1 Å². The van der Waals surface area contributed by atoms with E-state index in [2.05, 4.69) is 0 Å². The number of Topliss-reactive ketones (excluding diaryl/α,β-unsaturated/α-hetero) is 1. The monoisotopic (exact) mass is 638 g/mol. The normalized spacial score (nSPS) is 24.2. The van der Waals surface area contributed by atoms with E-state index in [1.807, 2.05) is 145 Å². The van der Waals surface area contributed by atoms with E-state index in [4.69, 9.17) is 9.47 Å². The highest BCUT2D eigenvalue weighted by atomic mass is 16.5. The molecule has 48 heavy (non-hydrogen) atoms. The van der Waals surface area contributed by atoms with Crippen molar-refractivity contribution in [2.75, 3.05) is 13.1 Å². The Balaban J connectivity index is 1.23. The number of ether oxygens (including phenoxy) is 2. The van der Waals surface area contributed by atoms with Crippen molar-refractivity contribution in [1.82, 2.24) is 9.80 Å². The summed E-state index contributed by atoms with van der Waals surface area (Å²) in [6.45, 7) is 5.17. The number of hydrogen-bond donors (Lipinski definition) is 2. The maximum Gasteiger partial charge on any atom is 0.197 e. The lowest BCUT2D eigenvalue weighted by Crippen LogP contribution is -2.26. The smallest absolute Gasteiger partial charge is 0.197 e. The van der Waals surface area contributed by atoms with E-state index in [-0.39, 0.29) is 0 Å². The topological polar surface area (TPSA) is 82.5 Å². The second kappa shape index (κ2) is 13.4. The van der Waals surface area contributed by atoms with Crippen LogP contribution in [0.1, 0.15) is 36.1 Å². The molecule has 7 rings (SSSR count). The molecule has 2 aliphatic heterocycles. The summed E-state index contributed by atoms with van der Waals surface area (Å²) in [5.74, 6) is -0.114. The molecular formula is C41H38N2O5. The zero-order chi connectivity index (χ0) is 33.2. The zero-order valence-corrected chi connectivity index (χ0v) is 26.9. The molecule has 7 nitrogen and oxygen atoms in total. The van der Waals surface area contributed by atoms with Gasteiger partial charge in [-0.2, -0.15) is 0 Å². The molecule has 242 valence electrons. The molecule has 4 unspecified atom stereocenters. The summed E-state index contributed by atoms with van der Waals surface area (Å²) in [4.78, 5) is 17.7. The van der Waals surface area contributed by atoms with Crippen LogP contribution < -0.4 is 0 Å². The fraction of sp³-hybridized carbons (Fsp3) is 0.195. The molecule has 7 heteroatoms. The first-order chi connectivity index (χ1) is 23.5. The molecular weight excluding hydrogens is 600 g/mol. The fourth-order valence-corrected chi connectivity index (χ4v) is 6.76. The van der Waals surface area contributed by atoms with Gasteiger partial charge in [0.2, 0.25) is 0 Å². The van der Waals surface area contributed by atoms with Gasteiger partial charge in [0.15, 0.2) is 29.1 Å². The van der Waals surface area contributed by atoms with Gasteiger partial charge < -0.3 is 29.5 Å². The van der Waals surface area contributed by atoms with Crippen molar-refractivity contribution >= 4 is 28.7 Å². The lowest BCUT2D eigenvalue weighted by atomic mass is 9.99. The van der Waals surface area contributed by atoms with Gasteiger partial charge >= 0.3 is 0 Å². The van der Waals surface area contributed by atoms with Gasteiger partial charge in [-0.15, -0.1) is 0 Å². The Morgan fingerprint density at radius 2 is 0.958 bits per heavy atom. The number of ketones is 1. The summed E-state index contributed by atoms with van der Waals surface area (Å²) >= 11 is 0. The van der Waals surface area contributed by atoms with Gasteiger partial charge in [-0.1, -0.05) is 121 Å².